The summed E-state index contributed by atoms with van der Waals surface area (Å²) in [5, 5.41) is 23.9. The highest BCUT2D eigenvalue weighted by Gasteiger charge is 2.25. The van der Waals surface area contributed by atoms with Gasteiger partial charge in [0.25, 0.3) is 0 Å². The normalized spacial score (nSPS) is 16.8. The van der Waals surface area contributed by atoms with Crippen molar-refractivity contribution in [2.75, 3.05) is 18.0 Å². The molecule has 7 heteroatoms. The maximum absolute atomic E-state index is 11.4. The summed E-state index contributed by atoms with van der Waals surface area (Å²) in [6.07, 6.45) is 4.01. The third-order valence-electron chi connectivity index (χ3n) is 3.74. The second-order valence-corrected chi connectivity index (χ2v) is 5.05. The van der Waals surface area contributed by atoms with E-state index in [0.29, 0.717) is 37.3 Å². The number of anilines is 1. The lowest BCUT2D eigenvalue weighted by Gasteiger charge is -2.32. The zero-order valence-electron chi connectivity index (χ0n) is 11.2. The number of hydrogen-bond acceptors (Lipinski definition) is 5. The molecule has 0 amide bonds. The molecule has 106 valence electrons. The minimum absolute atomic E-state index is 0.182. The van der Waals surface area contributed by atoms with E-state index >= 15 is 0 Å². The van der Waals surface area contributed by atoms with Gasteiger partial charge in [-0.25, -0.2) is 9.78 Å². The number of hydrogen-bond donors (Lipinski definition) is 2. The molecular weight excluding hydrogens is 260 g/mol. The van der Waals surface area contributed by atoms with Gasteiger partial charge in [-0.05, 0) is 12.8 Å². The van der Waals surface area contributed by atoms with Crippen LogP contribution in [-0.2, 0) is 7.05 Å². The molecule has 2 aromatic heterocycles. The van der Waals surface area contributed by atoms with Gasteiger partial charge in [-0.1, -0.05) is 0 Å². The van der Waals surface area contributed by atoms with E-state index < -0.39 is 5.97 Å². The monoisotopic (exact) mass is 276 g/mol. The van der Waals surface area contributed by atoms with Crippen molar-refractivity contribution in [2.45, 2.75) is 18.9 Å². The third kappa shape index (κ3) is 2.00. The Balaban J connectivity index is 2.15. The van der Waals surface area contributed by atoms with Gasteiger partial charge < -0.3 is 15.1 Å². The van der Waals surface area contributed by atoms with Crippen molar-refractivity contribution in [3.05, 3.63) is 18.0 Å². The zero-order valence-corrected chi connectivity index (χ0v) is 11.2. The second kappa shape index (κ2) is 4.75. The van der Waals surface area contributed by atoms with Gasteiger partial charge >= 0.3 is 5.97 Å². The Labute approximate surface area is 115 Å². The molecule has 1 saturated heterocycles. The van der Waals surface area contributed by atoms with Crippen LogP contribution in [0.2, 0.25) is 0 Å². The minimum Gasteiger partial charge on any atom is -0.478 e. The summed E-state index contributed by atoms with van der Waals surface area (Å²) in [5.74, 6) is -0.996. The van der Waals surface area contributed by atoms with Crippen LogP contribution in [0.15, 0.2) is 12.4 Å². The number of rotatable bonds is 2. The topological polar surface area (TPSA) is 91.5 Å². The standard InChI is InChI=1S/C13H16N4O3/c1-16-12-9(7-15-16)11(10(6-14-12)13(19)20)17-4-2-8(18)3-5-17/h6-8,18H,2-5H2,1H3,(H,19,20). The van der Waals surface area contributed by atoms with E-state index in [1.54, 1.807) is 17.9 Å². The Kier molecular flexibility index (Phi) is 3.06. The van der Waals surface area contributed by atoms with Crippen LogP contribution in [0.25, 0.3) is 11.0 Å². The van der Waals surface area contributed by atoms with Gasteiger partial charge in [0.2, 0.25) is 0 Å². The van der Waals surface area contributed by atoms with Crippen LogP contribution < -0.4 is 4.90 Å². The van der Waals surface area contributed by atoms with Crippen molar-refractivity contribution in [1.29, 1.82) is 0 Å². The molecule has 0 bridgehead atoms. The number of aliphatic hydroxyl groups is 1. The lowest BCUT2D eigenvalue weighted by molar-refractivity contribution is 0.0697. The Bertz CT molecular complexity index is 659. The number of carboxylic acid groups (broad SMARTS) is 1. The van der Waals surface area contributed by atoms with Gasteiger partial charge in [0, 0.05) is 26.3 Å². The zero-order chi connectivity index (χ0) is 14.3. The number of aromatic carboxylic acids is 1. The van der Waals surface area contributed by atoms with Gasteiger partial charge in [0.15, 0.2) is 5.65 Å². The summed E-state index contributed by atoms with van der Waals surface area (Å²) < 4.78 is 1.63. The van der Waals surface area contributed by atoms with Crippen molar-refractivity contribution >= 4 is 22.7 Å². The number of carbonyl (C=O) groups is 1. The summed E-state index contributed by atoms with van der Waals surface area (Å²) in [4.78, 5) is 17.6. The van der Waals surface area contributed by atoms with Crippen molar-refractivity contribution in [1.82, 2.24) is 14.8 Å². The summed E-state index contributed by atoms with van der Waals surface area (Å²) in [7, 11) is 1.78. The van der Waals surface area contributed by atoms with Crippen molar-refractivity contribution in [2.24, 2.45) is 7.05 Å². The Morgan fingerprint density at radius 1 is 1.35 bits per heavy atom. The number of nitrogens with zero attached hydrogens (tertiary/aromatic N) is 4. The van der Waals surface area contributed by atoms with Crippen LogP contribution >= 0.6 is 0 Å². The molecule has 1 aliphatic heterocycles. The molecule has 2 N–H and O–H groups in total. The maximum atomic E-state index is 11.4. The number of pyridine rings is 1. The molecular formula is C13H16N4O3. The molecule has 2 aromatic rings. The fourth-order valence-electron chi connectivity index (χ4n) is 2.67. The predicted octanol–water partition coefficient (Wildman–Crippen LogP) is 0.628. The Morgan fingerprint density at radius 2 is 2.05 bits per heavy atom. The molecule has 0 atom stereocenters. The van der Waals surface area contributed by atoms with Gasteiger partial charge in [-0.15, -0.1) is 0 Å². The first-order valence-corrected chi connectivity index (χ1v) is 6.55. The van der Waals surface area contributed by atoms with Crippen LogP contribution in [0.5, 0.6) is 0 Å². The SMILES string of the molecule is Cn1ncc2c(N3CCC(O)CC3)c(C(=O)O)cnc21. The van der Waals surface area contributed by atoms with E-state index in [9.17, 15) is 15.0 Å². The maximum Gasteiger partial charge on any atom is 0.339 e. The lowest BCUT2D eigenvalue weighted by atomic mass is 10.0. The highest BCUT2D eigenvalue weighted by atomic mass is 16.4. The molecule has 0 aliphatic carbocycles. The molecule has 1 fully saturated rings. The Morgan fingerprint density at radius 3 is 2.70 bits per heavy atom. The molecule has 0 aromatic carbocycles. The molecule has 0 radical (unpaired) electrons. The lowest BCUT2D eigenvalue weighted by Crippen LogP contribution is -2.36. The highest BCUT2D eigenvalue weighted by Crippen LogP contribution is 2.31. The number of aryl methyl sites for hydroxylation is 1. The summed E-state index contributed by atoms with van der Waals surface area (Å²) in [5.41, 5.74) is 1.50. The first kappa shape index (κ1) is 12.9. The number of fused-ring (bicyclic) bond motifs is 1. The van der Waals surface area contributed by atoms with Crippen LogP contribution in [0.3, 0.4) is 0 Å². The van der Waals surface area contributed by atoms with Crippen LogP contribution in [0, 0.1) is 0 Å². The van der Waals surface area contributed by atoms with Crippen molar-refractivity contribution in [3.63, 3.8) is 0 Å². The molecule has 0 saturated carbocycles. The van der Waals surface area contributed by atoms with Crippen molar-refractivity contribution < 1.29 is 15.0 Å². The van der Waals surface area contributed by atoms with Gasteiger partial charge in [0.05, 0.1) is 23.4 Å². The van der Waals surface area contributed by atoms with E-state index in [4.69, 9.17) is 0 Å². The number of aliphatic hydroxyl groups excluding tert-OH is 1. The minimum atomic E-state index is -0.996. The highest BCUT2D eigenvalue weighted by molar-refractivity contribution is 6.03. The molecule has 7 nitrogen and oxygen atoms in total. The number of piperidine rings is 1. The smallest absolute Gasteiger partial charge is 0.339 e. The van der Waals surface area contributed by atoms with Gasteiger partial charge in [-0.3, -0.25) is 4.68 Å². The summed E-state index contributed by atoms with van der Waals surface area (Å²) in [6, 6.07) is 0. The molecule has 0 spiro atoms. The quantitative estimate of drug-likeness (QED) is 0.836. The fraction of sp³-hybridized carbons (Fsp3) is 0.462. The van der Waals surface area contributed by atoms with Gasteiger partial charge in [0.1, 0.15) is 5.56 Å². The van der Waals surface area contributed by atoms with Gasteiger partial charge in [-0.2, -0.15) is 5.10 Å². The van der Waals surface area contributed by atoms with Crippen LogP contribution in [0.1, 0.15) is 23.2 Å². The first-order valence-electron chi connectivity index (χ1n) is 6.55. The number of carboxylic acids is 1. The molecule has 20 heavy (non-hydrogen) atoms. The van der Waals surface area contributed by atoms with Crippen LogP contribution in [-0.4, -0.2) is 50.1 Å². The second-order valence-electron chi connectivity index (χ2n) is 5.05. The van der Waals surface area contributed by atoms with Crippen LogP contribution in [0.4, 0.5) is 5.69 Å². The predicted molar refractivity (Wildman–Crippen MR) is 72.9 cm³/mol. The summed E-state index contributed by atoms with van der Waals surface area (Å²) in [6.45, 7) is 1.27. The molecule has 1 aliphatic rings. The Hall–Kier alpha value is -2.15. The first-order chi connectivity index (χ1) is 9.58. The molecule has 3 rings (SSSR count). The number of aromatic nitrogens is 3. The van der Waals surface area contributed by atoms with E-state index in [0.717, 1.165) is 5.39 Å². The largest absolute Gasteiger partial charge is 0.478 e. The van der Waals surface area contributed by atoms with Crippen molar-refractivity contribution in [3.8, 4) is 0 Å². The summed E-state index contributed by atoms with van der Waals surface area (Å²) >= 11 is 0. The average molecular weight is 276 g/mol. The van der Waals surface area contributed by atoms with E-state index in [2.05, 4.69) is 10.1 Å². The third-order valence-corrected chi connectivity index (χ3v) is 3.74. The average Bonchev–Trinajstić information content (AvgIpc) is 2.80. The molecule has 0 unspecified atom stereocenters. The van der Waals surface area contributed by atoms with E-state index in [1.807, 2.05) is 4.90 Å². The fourth-order valence-corrected chi connectivity index (χ4v) is 2.67. The van der Waals surface area contributed by atoms with E-state index in [-0.39, 0.29) is 11.7 Å². The molecule has 3 heterocycles. The van der Waals surface area contributed by atoms with E-state index in [1.165, 1.54) is 6.20 Å².